The molecule has 0 radical (unpaired) electrons. The highest BCUT2D eigenvalue weighted by atomic mass is 32.2. The summed E-state index contributed by atoms with van der Waals surface area (Å²) in [4.78, 5) is 23.8. The fourth-order valence-electron chi connectivity index (χ4n) is 2.95. The van der Waals surface area contributed by atoms with Crippen LogP contribution in [0.4, 0.5) is 0 Å². The van der Waals surface area contributed by atoms with Gasteiger partial charge in [0, 0.05) is 25.0 Å². The minimum atomic E-state index is -3.24. The molecule has 138 valence electrons. The van der Waals surface area contributed by atoms with E-state index in [0.717, 1.165) is 6.26 Å². The van der Waals surface area contributed by atoms with E-state index in [1.54, 1.807) is 0 Å². The second kappa shape index (κ2) is 7.36. The van der Waals surface area contributed by atoms with Gasteiger partial charge >= 0.3 is 0 Å². The molecule has 24 heavy (non-hydrogen) atoms. The molecule has 2 rings (SSSR count). The number of piperidine rings is 1. The van der Waals surface area contributed by atoms with Gasteiger partial charge in [-0.15, -0.1) is 0 Å². The van der Waals surface area contributed by atoms with Gasteiger partial charge in [0.25, 0.3) is 0 Å². The highest BCUT2D eigenvalue weighted by Gasteiger charge is 2.30. The van der Waals surface area contributed by atoms with E-state index in [1.165, 1.54) is 4.31 Å². The quantitative estimate of drug-likeness (QED) is 0.571. The van der Waals surface area contributed by atoms with Crippen LogP contribution >= 0.6 is 0 Å². The Labute approximate surface area is 142 Å². The Bertz CT molecular complexity index is 695. The van der Waals surface area contributed by atoms with Gasteiger partial charge in [-0.05, 0) is 19.3 Å². The molecular weight excluding hydrogens is 358 g/mol. The highest BCUT2D eigenvalue weighted by molar-refractivity contribution is 7.91. The first kappa shape index (κ1) is 19.1. The number of nitrogens with one attached hydrogen (secondary N) is 2. The predicted octanol–water partition coefficient (Wildman–Crippen LogP) is -1.92. The topological polar surface area (TPSA) is 130 Å². The van der Waals surface area contributed by atoms with Crippen molar-refractivity contribution in [2.75, 3.05) is 37.4 Å². The maximum Gasteiger partial charge on any atom is 0.239 e. The molecule has 0 aromatic heterocycles. The summed E-state index contributed by atoms with van der Waals surface area (Å²) in [6.45, 7) is 0.383. The van der Waals surface area contributed by atoms with Crippen LogP contribution in [-0.4, -0.2) is 76.4 Å². The first-order valence-corrected chi connectivity index (χ1v) is 11.5. The summed E-state index contributed by atoms with van der Waals surface area (Å²) in [6, 6.07) is -0.391. The Morgan fingerprint density at radius 2 is 1.79 bits per heavy atom. The second-order valence-electron chi connectivity index (χ2n) is 6.32. The SMILES string of the molecule is CS(=O)(=O)N1CCC(C(=O)NCC(=O)NC2CCS(=O)(=O)C2)CC1. The normalized spacial score (nSPS) is 25.3. The molecule has 2 aliphatic rings. The number of sulfonamides is 1. The molecule has 0 aromatic carbocycles. The van der Waals surface area contributed by atoms with Crippen LogP contribution in [0, 0.1) is 5.92 Å². The monoisotopic (exact) mass is 381 g/mol. The van der Waals surface area contributed by atoms with Crippen LogP contribution in [0.3, 0.4) is 0 Å². The number of hydrogen-bond acceptors (Lipinski definition) is 6. The molecule has 2 amide bonds. The van der Waals surface area contributed by atoms with E-state index in [2.05, 4.69) is 10.6 Å². The Balaban J connectivity index is 1.71. The van der Waals surface area contributed by atoms with Gasteiger partial charge < -0.3 is 10.6 Å². The second-order valence-corrected chi connectivity index (χ2v) is 10.5. The van der Waals surface area contributed by atoms with Crippen molar-refractivity contribution in [1.82, 2.24) is 14.9 Å². The predicted molar refractivity (Wildman–Crippen MR) is 87.4 cm³/mol. The van der Waals surface area contributed by atoms with Crippen molar-refractivity contribution < 1.29 is 26.4 Å². The van der Waals surface area contributed by atoms with Gasteiger partial charge in [-0.2, -0.15) is 0 Å². The van der Waals surface area contributed by atoms with Crippen molar-refractivity contribution in [3.8, 4) is 0 Å². The molecule has 0 bridgehead atoms. The molecule has 0 aliphatic carbocycles. The van der Waals surface area contributed by atoms with E-state index in [-0.39, 0.29) is 29.9 Å². The van der Waals surface area contributed by atoms with Gasteiger partial charge in [0.2, 0.25) is 21.8 Å². The van der Waals surface area contributed by atoms with Crippen LogP contribution in [0.5, 0.6) is 0 Å². The lowest BCUT2D eigenvalue weighted by atomic mass is 9.97. The third-order valence-electron chi connectivity index (χ3n) is 4.31. The van der Waals surface area contributed by atoms with E-state index < -0.39 is 31.8 Å². The van der Waals surface area contributed by atoms with Gasteiger partial charge in [-0.25, -0.2) is 21.1 Å². The molecule has 2 N–H and O–H groups in total. The molecule has 1 unspecified atom stereocenters. The first-order valence-electron chi connectivity index (χ1n) is 7.79. The van der Waals surface area contributed by atoms with Crippen molar-refractivity contribution >= 4 is 31.7 Å². The Hall–Kier alpha value is -1.20. The molecule has 0 spiro atoms. The number of sulfone groups is 1. The fourth-order valence-corrected chi connectivity index (χ4v) is 5.50. The third-order valence-corrected chi connectivity index (χ3v) is 7.39. The lowest BCUT2D eigenvalue weighted by Gasteiger charge is -2.29. The molecule has 9 nitrogen and oxygen atoms in total. The third kappa shape index (κ3) is 5.42. The number of hydrogen-bond donors (Lipinski definition) is 2. The van der Waals surface area contributed by atoms with Crippen LogP contribution in [0.2, 0.25) is 0 Å². The largest absolute Gasteiger partial charge is 0.351 e. The fraction of sp³-hybridized carbons (Fsp3) is 0.846. The molecule has 1 atom stereocenters. The van der Waals surface area contributed by atoms with E-state index >= 15 is 0 Å². The summed E-state index contributed by atoms with van der Waals surface area (Å²) in [5, 5.41) is 5.13. The number of nitrogens with zero attached hydrogens (tertiary/aromatic N) is 1. The summed E-state index contributed by atoms with van der Waals surface area (Å²) in [5.41, 5.74) is 0. The zero-order valence-corrected chi connectivity index (χ0v) is 15.2. The van der Waals surface area contributed by atoms with Crippen LogP contribution in [0.25, 0.3) is 0 Å². The summed E-state index contributed by atoms with van der Waals surface area (Å²) in [5.74, 6) is -1.00. The van der Waals surface area contributed by atoms with Crippen LogP contribution in [0.15, 0.2) is 0 Å². The van der Waals surface area contributed by atoms with Crippen LogP contribution in [0.1, 0.15) is 19.3 Å². The maximum absolute atomic E-state index is 12.0. The summed E-state index contributed by atoms with van der Waals surface area (Å²) >= 11 is 0. The van der Waals surface area contributed by atoms with E-state index in [4.69, 9.17) is 0 Å². The van der Waals surface area contributed by atoms with Crippen molar-refractivity contribution in [1.29, 1.82) is 0 Å². The smallest absolute Gasteiger partial charge is 0.239 e. The van der Waals surface area contributed by atoms with Gasteiger partial charge in [0.05, 0.1) is 24.3 Å². The molecular formula is C13H23N3O6S2. The number of amides is 2. The molecule has 0 aromatic rings. The molecule has 2 aliphatic heterocycles. The summed E-state index contributed by atoms with van der Waals surface area (Å²) in [7, 11) is -6.30. The molecule has 0 saturated carbocycles. The molecule has 2 fully saturated rings. The number of carbonyl (C=O) groups excluding carboxylic acids is 2. The Kier molecular flexibility index (Phi) is 5.87. The molecule has 11 heteroatoms. The lowest BCUT2D eigenvalue weighted by molar-refractivity contribution is -0.129. The Morgan fingerprint density at radius 3 is 2.29 bits per heavy atom. The average molecular weight is 381 g/mol. The standard InChI is InChI=1S/C13H23N3O6S2/c1-23(19,20)16-5-2-10(3-6-16)13(18)14-8-12(17)15-11-4-7-24(21,22)9-11/h10-11H,2-9H2,1H3,(H,14,18)(H,15,17). The Morgan fingerprint density at radius 1 is 1.17 bits per heavy atom. The minimum Gasteiger partial charge on any atom is -0.351 e. The van der Waals surface area contributed by atoms with Crippen molar-refractivity contribution in [2.24, 2.45) is 5.92 Å². The zero-order chi connectivity index (χ0) is 18.0. The van der Waals surface area contributed by atoms with Gasteiger partial charge in [-0.3, -0.25) is 9.59 Å². The maximum atomic E-state index is 12.0. The van der Waals surface area contributed by atoms with E-state index in [9.17, 15) is 26.4 Å². The lowest BCUT2D eigenvalue weighted by Crippen LogP contribution is -2.46. The average Bonchev–Trinajstić information content (AvgIpc) is 2.83. The first-order chi connectivity index (χ1) is 11.1. The van der Waals surface area contributed by atoms with Crippen molar-refractivity contribution in [3.05, 3.63) is 0 Å². The number of rotatable bonds is 5. The molecule has 2 saturated heterocycles. The van der Waals surface area contributed by atoms with Gasteiger partial charge in [0.1, 0.15) is 0 Å². The van der Waals surface area contributed by atoms with Gasteiger partial charge in [0.15, 0.2) is 9.84 Å². The van der Waals surface area contributed by atoms with Crippen molar-refractivity contribution in [3.63, 3.8) is 0 Å². The summed E-state index contributed by atoms with van der Waals surface area (Å²) < 4.78 is 46.8. The zero-order valence-electron chi connectivity index (χ0n) is 13.5. The number of carbonyl (C=O) groups is 2. The van der Waals surface area contributed by atoms with Gasteiger partial charge in [-0.1, -0.05) is 0 Å². The van der Waals surface area contributed by atoms with Crippen LogP contribution < -0.4 is 10.6 Å². The van der Waals surface area contributed by atoms with E-state index in [1.807, 2.05) is 0 Å². The minimum absolute atomic E-state index is 0.0589. The molecule has 2 heterocycles. The van der Waals surface area contributed by atoms with Crippen molar-refractivity contribution in [2.45, 2.75) is 25.3 Å². The highest BCUT2D eigenvalue weighted by Crippen LogP contribution is 2.19. The summed E-state index contributed by atoms with van der Waals surface area (Å²) in [6.07, 6.45) is 2.37. The van der Waals surface area contributed by atoms with Crippen LogP contribution in [-0.2, 0) is 29.4 Å². The van der Waals surface area contributed by atoms with E-state index in [0.29, 0.717) is 32.4 Å².